The fourth-order valence-corrected chi connectivity index (χ4v) is 4.16. The van der Waals surface area contributed by atoms with E-state index in [-0.39, 0.29) is 5.69 Å². The summed E-state index contributed by atoms with van der Waals surface area (Å²) in [4.78, 5) is 46.3. The van der Waals surface area contributed by atoms with Crippen molar-refractivity contribution >= 4 is 52.7 Å². The van der Waals surface area contributed by atoms with Gasteiger partial charge in [-0.1, -0.05) is 25.4 Å². The molecule has 1 atom stereocenters. The number of carboxylic acid groups (broad SMARTS) is 1. The van der Waals surface area contributed by atoms with E-state index in [0.29, 0.717) is 15.9 Å². The van der Waals surface area contributed by atoms with Crippen molar-refractivity contribution in [3.63, 3.8) is 0 Å². The summed E-state index contributed by atoms with van der Waals surface area (Å²) in [5.41, 5.74) is -3.14. The number of urea groups is 1. The van der Waals surface area contributed by atoms with E-state index in [2.05, 4.69) is 9.97 Å². The number of benzene rings is 1. The highest BCUT2D eigenvalue weighted by Gasteiger charge is 2.50. The highest BCUT2D eigenvalue weighted by atomic mass is 35.5. The maximum atomic E-state index is 14.4. The topological polar surface area (TPSA) is 107 Å². The monoisotopic (exact) mass is 569 g/mol. The number of carbonyl (C=O) groups excluding carboxylic acids is 2. The summed E-state index contributed by atoms with van der Waals surface area (Å²) < 4.78 is 67.9. The van der Waals surface area contributed by atoms with Crippen LogP contribution in [0, 0.1) is 17.0 Å². The summed E-state index contributed by atoms with van der Waals surface area (Å²) in [7, 11) is 1.19. The van der Waals surface area contributed by atoms with E-state index in [1.807, 2.05) is 0 Å². The molecule has 1 saturated heterocycles. The molecule has 3 rings (SSSR count). The minimum absolute atomic E-state index is 0.350. The number of rotatable bonds is 5. The van der Waals surface area contributed by atoms with Crippen LogP contribution >= 0.6 is 23.2 Å². The molecule has 1 N–H and O–H groups in total. The van der Waals surface area contributed by atoms with Crippen LogP contribution in [0.15, 0.2) is 18.2 Å². The molecule has 200 valence electrons. The Labute approximate surface area is 216 Å². The smallest absolute Gasteiger partial charge is 0.433 e. The molecule has 0 unspecified atom stereocenters. The number of nitrogens with zero attached hydrogens (tertiary/aromatic N) is 5. The number of halogens is 7. The maximum absolute atomic E-state index is 14.4. The van der Waals surface area contributed by atoms with Gasteiger partial charge >= 0.3 is 18.3 Å². The van der Waals surface area contributed by atoms with Gasteiger partial charge < -0.3 is 10.0 Å². The van der Waals surface area contributed by atoms with Crippen LogP contribution in [0.4, 0.5) is 43.0 Å². The molecule has 1 aromatic carbocycles. The summed E-state index contributed by atoms with van der Waals surface area (Å²) in [5.74, 6) is -3.61. The predicted octanol–water partition coefficient (Wildman–Crippen LogP) is 5.45. The summed E-state index contributed by atoms with van der Waals surface area (Å²) in [6.45, 7) is 2.38. The van der Waals surface area contributed by atoms with Crippen molar-refractivity contribution in [1.82, 2.24) is 14.9 Å². The lowest BCUT2D eigenvalue weighted by atomic mass is 9.80. The Morgan fingerprint density at radius 2 is 1.81 bits per heavy atom. The summed E-state index contributed by atoms with van der Waals surface area (Å²) in [5, 5.41) is 7.77. The van der Waals surface area contributed by atoms with Crippen LogP contribution in [0.5, 0.6) is 0 Å². The molecule has 0 radical (unpaired) electrons. The second-order valence-electron chi connectivity index (χ2n) is 8.75. The van der Waals surface area contributed by atoms with Crippen molar-refractivity contribution in [2.45, 2.75) is 32.5 Å². The Bertz CT molecular complexity index is 1280. The number of aromatic nitrogens is 2. The van der Waals surface area contributed by atoms with Gasteiger partial charge in [0.1, 0.15) is 16.7 Å². The van der Waals surface area contributed by atoms with Gasteiger partial charge in [0.2, 0.25) is 11.2 Å². The molecule has 16 heteroatoms. The zero-order valence-corrected chi connectivity index (χ0v) is 20.8. The van der Waals surface area contributed by atoms with Gasteiger partial charge in [-0.2, -0.15) is 13.2 Å². The van der Waals surface area contributed by atoms with Gasteiger partial charge in [0, 0.05) is 19.5 Å². The van der Waals surface area contributed by atoms with Gasteiger partial charge in [-0.25, -0.2) is 33.2 Å². The number of hydrogen-bond acceptors (Lipinski definition) is 5. The summed E-state index contributed by atoms with van der Waals surface area (Å²) >= 11 is 11.2. The summed E-state index contributed by atoms with van der Waals surface area (Å²) in [6, 6.07) is -0.148. The molecule has 1 aliphatic rings. The second-order valence-corrected chi connectivity index (χ2v) is 9.47. The molecule has 37 heavy (non-hydrogen) atoms. The molecule has 1 aromatic heterocycles. The minimum Gasteiger partial charge on any atom is -0.465 e. The van der Waals surface area contributed by atoms with Crippen molar-refractivity contribution in [2.75, 3.05) is 23.4 Å². The van der Waals surface area contributed by atoms with Gasteiger partial charge in [0.25, 0.3) is 0 Å². The highest BCUT2D eigenvalue weighted by molar-refractivity contribution is 6.31. The lowest BCUT2D eigenvalue weighted by Crippen LogP contribution is -2.47. The third-order valence-corrected chi connectivity index (χ3v) is 6.33. The van der Waals surface area contributed by atoms with E-state index >= 15 is 0 Å². The number of amides is 4. The van der Waals surface area contributed by atoms with Gasteiger partial charge in [0.05, 0.1) is 18.3 Å². The van der Waals surface area contributed by atoms with Crippen molar-refractivity contribution in [1.29, 1.82) is 0 Å². The van der Waals surface area contributed by atoms with Crippen LogP contribution in [-0.4, -0.2) is 57.6 Å². The van der Waals surface area contributed by atoms with E-state index in [1.54, 1.807) is 0 Å². The zero-order valence-electron chi connectivity index (χ0n) is 19.3. The summed E-state index contributed by atoms with van der Waals surface area (Å²) in [6.07, 6.45) is -7.10. The lowest BCUT2D eigenvalue weighted by Gasteiger charge is -2.36. The first-order chi connectivity index (χ1) is 17.0. The quantitative estimate of drug-likeness (QED) is 0.291. The van der Waals surface area contributed by atoms with Gasteiger partial charge in [-0.15, -0.1) is 0 Å². The number of carbonyl (C=O) groups is 3. The van der Waals surface area contributed by atoms with Crippen molar-refractivity contribution in [3.8, 4) is 0 Å². The third-order valence-electron chi connectivity index (χ3n) is 5.82. The fourth-order valence-electron chi connectivity index (χ4n) is 3.82. The molecule has 0 bridgehead atoms. The molecule has 4 amide bonds. The standard InChI is InChI=1S/C21H18Cl2F5N5O4/c1-20(2,7-14(34)31(3)10-5-4-9(24)15(22)16(10)25)12-8-32(19(36)37)18(35)33(12)13-6-11(21(26,27)28)29-17(23)30-13/h4-6,12H,7-8H2,1-3H3,(H,36,37)/t12-/m1/s1. The Hall–Kier alpha value is -3.26. The normalized spacial score (nSPS) is 16.4. The predicted molar refractivity (Wildman–Crippen MR) is 122 cm³/mol. The SMILES string of the molecule is CN(C(=O)CC(C)(C)[C@H]1CN(C(=O)O)C(=O)N1c1cc(C(F)(F)F)nc(Cl)n1)c1ccc(F)c(Cl)c1F. The van der Waals surface area contributed by atoms with Crippen LogP contribution in [-0.2, 0) is 11.0 Å². The maximum Gasteiger partial charge on any atom is 0.433 e. The van der Waals surface area contributed by atoms with E-state index in [1.165, 1.54) is 20.9 Å². The Morgan fingerprint density at radius 1 is 1.19 bits per heavy atom. The number of imide groups is 1. The Kier molecular flexibility index (Phi) is 7.57. The number of anilines is 2. The minimum atomic E-state index is -4.96. The molecule has 2 heterocycles. The van der Waals surface area contributed by atoms with E-state index in [0.717, 1.165) is 17.0 Å². The van der Waals surface area contributed by atoms with Gasteiger partial charge in [-0.05, 0) is 29.1 Å². The zero-order chi connectivity index (χ0) is 28.0. The van der Waals surface area contributed by atoms with Gasteiger partial charge in [-0.3, -0.25) is 9.69 Å². The second kappa shape index (κ2) is 9.89. The number of alkyl halides is 3. The Morgan fingerprint density at radius 3 is 2.38 bits per heavy atom. The van der Waals surface area contributed by atoms with E-state index < -0.39 is 82.1 Å². The molecule has 1 aliphatic heterocycles. The first kappa shape index (κ1) is 28.3. The van der Waals surface area contributed by atoms with Crippen LogP contribution < -0.4 is 9.80 Å². The molecule has 9 nitrogen and oxygen atoms in total. The first-order valence-corrected chi connectivity index (χ1v) is 11.1. The van der Waals surface area contributed by atoms with Crippen molar-refractivity contribution < 1.29 is 41.4 Å². The van der Waals surface area contributed by atoms with E-state index in [9.17, 15) is 41.4 Å². The molecular formula is C21H18Cl2F5N5O4. The van der Waals surface area contributed by atoms with Crippen molar-refractivity contribution in [3.05, 3.63) is 45.8 Å². The lowest BCUT2D eigenvalue weighted by molar-refractivity contribution is -0.141. The molecule has 0 spiro atoms. The fraction of sp³-hybridized carbons (Fsp3) is 0.381. The van der Waals surface area contributed by atoms with Crippen LogP contribution in [0.25, 0.3) is 0 Å². The highest BCUT2D eigenvalue weighted by Crippen LogP contribution is 2.39. The average Bonchev–Trinajstić information content (AvgIpc) is 3.14. The van der Waals surface area contributed by atoms with E-state index in [4.69, 9.17) is 23.2 Å². The molecule has 2 aromatic rings. The van der Waals surface area contributed by atoms with Crippen LogP contribution in [0.2, 0.25) is 10.3 Å². The molecular weight excluding hydrogens is 552 g/mol. The Balaban J connectivity index is 2.00. The van der Waals surface area contributed by atoms with Gasteiger partial charge in [0.15, 0.2) is 11.5 Å². The first-order valence-electron chi connectivity index (χ1n) is 10.3. The number of hydrogen-bond donors (Lipinski definition) is 1. The largest absolute Gasteiger partial charge is 0.465 e. The molecule has 0 aliphatic carbocycles. The molecule has 1 fully saturated rings. The average molecular weight is 570 g/mol. The van der Waals surface area contributed by atoms with Crippen LogP contribution in [0.3, 0.4) is 0 Å². The van der Waals surface area contributed by atoms with Crippen LogP contribution in [0.1, 0.15) is 26.0 Å². The third kappa shape index (κ3) is 5.54. The molecule has 0 saturated carbocycles. The van der Waals surface area contributed by atoms with Crippen molar-refractivity contribution in [2.24, 2.45) is 5.41 Å².